The van der Waals surface area contributed by atoms with Gasteiger partial charge in [0.15, 0.2) is 0 Å². The van der Waals surface area contributed by atoms with Crippen molar-refractivity contribution < 1.29 is 0 Å². The fourth-order valence-corrected chi connectivity index (χ4v) is 1.28. The minimum atomic E-state index is 0.0511. The van der Waals surface area contributed by atoms with Crippen molar-refractivity contribution >= 4 is 0 Å². The second-order valence-electron chi connectivity index (χ2n) is 4.64. The molecular weight excluding hydrogens is 162 g/mol. The summed E-state index contributed by atoms with van der Waals surface area (Å²) in [6.45, 7) is 10.7. The fraction of sp³-hybridized carbons (Fsp3) is 0.700. The average Bonchev–Trinajstić information content (AvgIpc) is 2.03. The van der Waals surface area contributed by atoms with E-state index in [1.807, 2.05) is 6.20 Å². The first-order valence-corrected chi connectivity index (χ1v) is 4.61. The van der Waals surface area contributed by atoms with Gasteiger partial charge in [-0.15, -0.1) is 10.2 Å². The van der Waals surface area contributed by atoms with E-state index in [0.717, 1.165) is 5.69 Å². The van der Waals surface area contributed by atoms with Gasteiger partial charge in [-0.3, -0.25) is 0 Å². The van der Waals surface area contributed by atoms with E-state index in [9.17, 15) is 0 Å². The number of rotatable bonds is 1. The van der Waals surface area contributed by atoms with Crippen molar-refractivity contribution in [2.24, 2.45) is 0 Å². The minimum Gasteiger partial charge on any atom is -0.138 e. The van der Waals surface area contributed by atoms with E-state index in [0.29, 0.717) is 5.92 Å². The Bertz CT molecular complexity index is 286. The first-order valence-electron chi connectivity index (χ1n) is 4.61. The summed E-state index contributed by atoms with van der Waals surface area (Å²) in [6, 6.07) is 0. The summed E-state index contributed by atoms with van der Waals surface area (Å²) in [5, 5.41) is 11.6. The van der Waals surface area contributed by atoms with Crippen LogP contribution in [0, 0.1) is 0 Å². The van der Waals surface area contributed by atoms with Crippen LogP contribution in [-0.4, -0.2) is 15.4 Å². The van der Waals surface area contributed by atoms with Crippen molar-refractivity contribution in [1.29, 1.82) is 0 Å². The Kier molecular flexibility index (Phi) is 2.64. The van der Waals surface area contributed by atoms with Crippen molar-refractivity contribution in [3.63, 3.8) is 0 Å². The van der Waals surface area contributed by atoms with Gasteiger partial charge < -0.3 is 0 Å². The minimum absolute atomic E-state index is 0.0511. The first-order chi connectivity index (χ1) is 5.93. The highest BCUT2D eigenvalue weighted by molar-refractivity contribution is 5.24. The smallest absolute Gasteiger partial charge is 0.0752 e. The molecule has 13 heavy (non-hydrogen) atoms. The van der Waals surface area contributed by atoms with E-state index in [1.165, 1.54) is 5.56 Å². The third kappa shape index (κ3) is 2.23. The van der Waals surface area contributed by atoms with Crippen LogP contribution in [0.5, 0.6) is 0 Å². The maximum absolute atomic E-state index is 4.11. The average molecular weight is 179 g/mol. The summed E-state index contributed by atoms with van der Waals surface area (Å²) in [6.07, 6.45) is 1.82. The topological polar surface area (TPSA) is 38.7 Å². The molecule has 3 heteroatoms. The molecule has 0 aliphatic rings. The van der Waals surface area contributed by atoms with Crippen molar-refractivity contribution in [1.82, 2.24) is 15.4 Å². The SMILES string of the molecule is CC(C)c1cnnnc1C(C)(C)C. The lowest BCUT2D eigenvalue weighted by Crippen LogP contribution is -2.18. The van der Waals surface area contributed by atoms with E-state index < -0.39 is 0 Å². The third-order valence-corrected chi connectivity index (χ3v) is 2.00. The number of nitrogens with zero attached hydrogens (tertiary/aromatic N) is 3. The van der Waals surface area contributed by atoms with Gasteiger partial charge in [0.1, 0.15) is 0 Å². The lowest BCUT2D eigenvalue weighted by Gasteiger charge is -2.21. The molecule has 1 heterocycles. The van der Waals surface area contributed by atoms with Crippen LogP contribution < -0.4 is 0 Å². The van der Waals surface area contributed by atoms with Crippen LogP contribution in [0.3, 0.4) is 0 Å². The monoisotopic (exact) mass is 179 g/mol. The van der Waals surface area contributed by atoms with Crippen LogP contribution in [0.1, 0.15) is 51.8 Å². The Labute approximate surface area is 79.6 Å². The molecule has 1 aromatic heterocycles. The molecule has 0 fully saturated rings. The summed E-state index contributed by atoms with van der Waals surface area (Å²) >= 11 is 0. The Hall–Kier alpha value is -0.990. The molecule has 0 spiro atoms. The predicted octanol–water partition coefficient (Wildman–Crippen LogP) is 2.29. The van der Waals surface area contributed by atoms with Gasteiger partial charge in [0.2, 0.25) is 0 Å². The van der Waals surface area contributed by atoms with Crippen LogP contribution >= 0.6 is 0 Å². The quantitative estimate of drug-likeness (QED) is 0.664. The zero-order chi connectivity index (χ0) is 10.1. The lowest BCUT2D eigenvalue weighted by molar-refractivity contribution is 0.534. The van der Waals surface area contributed by atoms with Gasteiger partial charge in [0.25, 0.3) is 0 Å². The maximum Gasteiger partial charge on any atom is 0.0752 e. The maximum atomic E-state index is 4.11. The van der Waals surface area contributed by atoms with Crippen molar-refractivity contribution in [3.8, 4) is 0 Å². The molecule has 0 amide bonds. The van der Waals surface area contributed by atoms with Crippen molar-refractivity contribution in [2.75, 3.05) is 0 Å². The van der Waals surface area contributed by atoms with Gasteiger partial charge in [-0.2, -0.15) is 0 Å². The number of hydrogen-bond donors (Lipinski definition) is 0. The van der Waals surface area contributed by atoms with Gasteiger partial charge in [-0.1, -0.05) is 34.6 Å². The molecule has 0 saturated carbocycles. The Morgan fingerprint density at radius 2 is 1.85 bits per heavy atom. The molecule has 0 aromatic carbocycles. The summed E-state index contributed by atoms with van der Waals surface area (Å²) in [5.74, 6) is 0.456. The van der Waals surface area contributed by atoms with E-state index in [2.05, 4.69) is 50.0 Å². The van der Waals surface area contributed by atoms with Gasteiger partial charge in [-0.25, -0.2) is 0 Å². The molecule has 0 radical (unpaired) electrons. The summed E-state index contributed by atoms with van der Waals surface area (Å²) < 4.78 is 0. The van der Waals surface area contributed by atoms with Gasteiger partial charge in [-0.05, 0) is 16.7 Å². The van der Waals surface area contributed by atoms with Crippen LogP contribution in [0.4, 0.5) is 0 Å². The summed E-state index contributed by atoms with van der Waals surface area (Å²) in [7, 11) is 0. The van der Waals surface area contributed by atoms with Crippen molar-refractivity contribution in [3.05, 3.63) is 17.5 Å². The molecule has 0 atom stereocenters. The summed E-state index contributed by atoms with van der Waals surface area (Å²) in [5.41, 5.74) is 2.30. The molecular formula is C10H17N3. The molecule has 0 N–H and O–H groups in total. The Morgan fingerprint density at radius 1 is 1.23 bits per heavy atom. The molecule has 0 bridgehead atoms. The molecule has 1 rings (SSSR count). The van der Waals surface area contributed by atoms with Gasteiger partial charge in [0.05, 0.1) is 11.9 Å². The largest absolute Gasteiger partial charge is 0.138 e. The molecule has 0 aliphatic heterocycles. The van der Waals surface area contributed by atoms with Gasteiger partial charge >= 0.3 is 0 Å². The van der Waals surface area contributed by atoms with Crippen LogP contribution in [-0.2, 0) is 5.41 Å². The van der Waals surface area contributed by atoms with Gasteiger partial charge in [0, 0.05) is 5.41 Å². The van der Waals surface area contributed by atoms with Crippen LogP contribution in [0.2, 0.25) is 0 Å². The van der Waals surface area contributed by atoms with Crippen molar-refractivity contribution in [2.45, 2.75) is 46.0 Å². The Balaban J connectivity index is 3.20. The molecule has 3 nitrogen and oxygen atoms in total. The molecule has 0 aliphatic carbocycles. The highest BCUT2D eigenvalue weighted by Crippen LogP contribution is 2.26. The van der Waals surface area contributed by atoms with E-state index in [-0.39, 0.29) is 5.41 Å². The highest BCUT2D eigenvalue weighted by Gasteiger charge is 2.21. The molecule has 1 aromatic rings. The fourth-order valence-electron chi connectivity index (χ4n) is 1.28. The second-order valence-corrected chi connectivity index (χ2v) is 4.64. The van der Waals surface area contributed by atoms with Crippen LogP contribution in [0.15, 0.2) is 6.20 Å². The zero-order valence-electron chi connectivity index (χ0n) is 9.00. The molecule has 0 unspecified atom stereocenters. The zero-order valence-corrected chi connectivity index (χ0v) is 9.00. The number of aromatic nitrogens is 3. The molecule has 72 valence electrons. The third-order valence-electron chi connectivity index (χ3n) is 2.00. The second kappa shape index (κ2) is 3.40. The van der Waals surface area contributed by atoms with E-state index >= 15 is 0 Å². The highest BCUT2D eigenvalue weighted by atomic mass is 15.3. The van der Waals surface area contributed by atoms with Crippen LogP contribution in [0.25, 0.3) is 0 Å². The molecule has 0 saturated heterocycles. The Morgan fingerprint density at radius 3 is 2.23 bits per heavy atom. The predicted molar refractivity (Wildman–Crippen MR) is 52.6 cm³/mol. The summed E-state index contributed by atoms with van der Waals surface area (Å²) in [4.78, 5) is 0. The van der Waals surface area contributed by atoms with E-state index in [4.69, 9.17) is 0 Å². The lowest BCUT2D eigenvalue weighted by atomic mass is 9.86. The number of hydrogen-bond acceptors (Lipinski definition) is 3. The first kappa shape index (κ1) is 10.1. The standard InChI is InChI=1S/C10H17N3/c1-7(2)8-6-11-13-12-9(8)10(3,4)5/h6-7H,1-5H3. The van der Waals surface area contributed by atoms with E-state index in [1.54, 1.807) is 0 Å². The normalized spacial score (nSPS) is 12.2.